The van der Waals surface area contributed by atoms with Crippen molar-refractivity contribution in [1.29, 1.82) is 0 Å². The van der Waals surface area contributed by atoms with E-state index in [2.05, 4.69) is 31.6 Å². The maximum atomic E-state index is 14.5. The molecule has 16 nitrogen and oxygen atoms in total. The number of benzene rings is 5. The van der Waals surface area contributed by atoms with Crippen molar-refractivity contribution in [2.24, 2.45) is 5.73 Å². The summed E-state index contributed by atoms with van der Waals surface area (Å²) in [5.41, 5.74) is 10.1. The SMILES string of the molecule is CC(NC(=O)OCc1ccccc1)C(=O)N[C@H](Cc1ccc(OCc2ccccc2)cc1)C(=O)N[C@H](COCc1ccccc1)C(=O)N[C@H](Cc1c[nH]c2ccccc12)C(=O)N[C@@H](C)C(N)=O. The lowest BCUT2D eigenvalue weighted by Gasteiger charge is -2.26. The molecule has 1 heterocycles. The van der Waals surface area contributed by atoms with Crippen LogP contribution in [0, 0.1) is 0 Å². The predicted molar refractivity (Wildman–Crippen MR) is 251 cm³/mol. The van der Waals surface area contributed by atoms with Crippen LogP contribution in [0.25, 0.3) is 10.9 Å². The summed E-state index contributed by atoms with van der Waals surface area (Å²) in [6, 6.07) is 36.2. The summed E-state index contributed by atoms with van der Waals surface area (Å²) in [4.78, 5) is 84.2. The highest BCUT2D eigenvalue weighted by atomic mass is 16.5. The predicted octanol–water partition coefficient (Wildman–Crippen LogP) is 4.51. The Morgan fingerprint density at radius 2 is 1.04 bits per heavy atom. The molecule has 0 radical (unpaired) electrons. The second-order valence-corrected chi connectivity index (χ2v) is 15.9. The number of aromatic nitrogens is 1. The fraction of sp³-hybridized carbons (Fsp3) is 0.255. The molecule has 0 saturated carbocycles. The van der Waals surface area contributed by atoms with E-state index in [1.54, 1.807) is 54.7 Å². The third kappa shape index (κ3) is 15.0. The van der Waals surface area contributed by atoms with Crippen molar-refractivity contribution in [3.8, 4) is 5.75 Å². The number of ether oxygens (including phenoxy) is 3. The minimum atomic E-state index is -1.40. The van der Waals surface area contributed by atoms with E-state index < -0.39 is 65.8 Å². The Balaban J connectivity index is 1.22. The Hall–Kier alpha value is -7.98. The lowest BCUT2D eigenvalue weighted by atomic mass is 10.0. The standard InChI is InChI=1S/C51H55N7O9/c1-33(46(52)59)54-48(61)44(27-39-28-53-42-21-13-12-20-41(39)42)57-50(63)45(32-65-29-36-14-6-3-7-15-36)58-49(62)43(26-35-22-24-40(25-23-35)66-30-37-16-8-4-9-17-37)56-47(60)34(2)55-51(64)67-31-38-18-10-5-11-19-38/h3-25,28,33-34,43-45,53H,26-27,29-32H2,1-2H3,(H2,52,59)(H,54,61)(H,55,64)(H,56,60)(H,57,63)(H,58,62)/t33-,34?,43+,44+,45+/m0/s1. The molecule has 8 N–H and O–H groups in total. The van der Waals surface area contributed by atoms with Crippen molar-refractivity contribution in [2.75, 3.05) is 6.61 Å². The Morgan fingerprint density at radius 3 is 1.69 bits per heavy atom. The van der Waals surface area contributed by atoms with Crippen LogP contribution in [0.15, 0.2) is 146 Å². The third-order valence-electron chi connectivity index (χ3n) is 10.7. The Kier molecular flexibility index (Phi) is 17.6. The van der Waals surface area contributed by atoms with Gasteiger partial charge in [-0.3, -0.25) is 24.0 Å². The Morgan fingerprint density at radius 1 is 0.522 bits per heavy atom. The van der Waals surface area contributed by atoms with Crippen LogP contribution < -0.4 is 37.1 Å². The van der Waals surface area contributed by atoms with Gasteiger partial charge >= 0.3 is 6.09 Å². The van der Waals surface area contributed by atoms with Gasteiger partial charge in [-0.2, -0.15) is 0 Å². The van der Waals surface area contributed by atoms with E-state index in [-0.39, 0.29) is 32.7 Å². The zero-order valence-corrected chi connectivity index (χ0v) is 37.2. The Bertz CT molecular complexity index is 2570. The van der Waals surface area contributed by atoms with Gasteiger partial charge in [-0.05, 0) is 59.9 Å². The largest absolute Gasteiger partial charge is 0.489 e. The molecule has 67 heavy (non-hydrogen) atoms. The maximum Gasteiger partial charge on any atom is 0.408 e. The van der Waals surface area contributed by atoms with E-state index in [1.807, 2.05) is 91.0 Å². The second-order valence-electron chi connectivity index (χ2n) is 15.9. The zero-order valence-electron chi connectivity index (χ0n) is 37.2. The highest BCUT2D eigenvalue weighted by Crippen LogP contribution is 2.20. The van der Waals surface area contributed by atoms with Gasteiger partial charge in [-0.15, -0.1) is 0 Å². The summed E-state index contributed by atoms with van der Waals surface area (Å²) in [7, 11) is 0. The molecule has 1 aromatic heterocycles. The number of rotatable bonds is 23. The normalized spacial score (nSPS) is 13.2. The van der Waals surface area contributed by atoms with Gasteiger partial charge in [0.1, 0.15) is 49.2 Å². The molecular formula is C51H55N7O9. The molecule has 1 unspecified atom stereocenters. The molecule has 6 aromatic rings. The molecule has 0 bridgehead atoms. The first-order valence-corrected chi connectivity index (χ1v) is 21.8. The number of nitrogens with two attached hydrogens (primary N) is 1. The van der Waals surface area contributed by atoms with Gasteiger partial charge in [0.15, 0.2) is 0 Å². The number of carbonyl (C=O) groups excluding carboxylic acids is 6. The van der Waals surface area contributed by atoms with Gasteiger partial charge in [0.25, 0.3) is 0 Å². The first-order valence-electron chi connectivity index (χ1n) is 21.8. The summed E-state index contributed by atoms with van der Waals surface area (Å²) >= 11 is 0. The summed E-state index contributed by atoms with van der Waals surface area (Å²) < 4.78 is 17.2. The number of fused-ring (bicyclic) bond motifs is 1. The van der Waals surface area contributed by atoms with E-state index in [0.29, 0.717) is 23.5 Å². The molecule has 0 fully saturated rings. The monoisotopic (exact) mass is 909 g/mol. The first-order chi connectivity index (χ1) is 32.4. The van der Waals surface area contributed by atoms with E-state index in [0.717, 1.165) is 27.6 Å². The highest BCUT2D eigenvalue weighted by molar-refractivity contribution is 5.96. The van der Waals surface area contributed by atoms with Crippen LogP contribution in [0.4, 0.5) is 4.79 Å². The van der Waals surface area contributed by atoms with E-state index in [1.165, 1.54) is 13.8 Å². The van der Waals surface area contributed by atoms with Gasteiger partial charge in [0, 0.05) is 29.9 Å². The van der Waals surface area contributed by atoms with Crippen LogP contribution >= 0.6 is 0 Å². The molecule has 6 amide bonds. The topological polar surface area (TPSA) is 232 Å². The minimum Gasteiger partial charge on any atom is -0.489 e. The number of hydrogen-bond donors (Lipinski definition) is 7. The number of H-pyrrole nitrogens is 1. The summed E-state index contributed by atoms with van der Waals surface area (Å²) in [6.07, 6.45) is 0.839. The Labute approximate surface area is 388 Å². The van der Waals surface area contributed by atoms with Crippen molar-refractivity contribution in [2.45, 2.75) is 76.7 Å². The van der Waals surface area contributed by atoms with Gasteiger partial charge in [-0.25, -0.2) is 4.79 Å². The number of nitrogens with one attached hydrogen (secondary N) is 6. The molecular weight excluding hydrogens is 855 g/mol. The molecule has 0 saturated heterocycles. The number of primary amides is 1. The number of para-hydroxylation sites is 1. The van der Waals surface area contributed by atoms with Gasteiger partial charge < -0.3 is 51.5 Å². The third-order valence-corrected chi connectivity index (χ3v) is 10.7. The highest BCUT2D eigenvalue weighted by Gasteiger charge is 2.32. The number of aromatic amines is 1. The first kappa shape index (κ1) is 48.5. The number of amides is 6. The van der Waals surface area contributed by atoms with Gasteiger partial charge in [0.2, 0.25) is 29.5 Å². The number of carbonyl (C=O) groups is 6. The quantitative estimate of drug-likeness (QED) is 0.0479. The van der Waals surface area contributed by atoms with Gasteiger partial charge in [-0.1, -0.05) is 121 Å². The molecule has 6 rings (SSSR count). The lowest BCUT2D eigenvalue weighted by Crippen LogP contribution is -2.60. The fourth-order valence-electron chi connectivity index (χ4n) is 6.92. The second kappa shape index (κ2) is 24.3. The van der Waals surface area contributed by atoms with Crippen LogP contribution in [0.1, 0.15) is 41.7 Å². The van der Waals surface area contributed by atoms with Crippen LogP contribution in [-0.4, -0.2) is 77.4 Å². The number of hydrogen-bond acceptors (Lipinski definition) is 9. The van der Waals surface area contributed by atoms with Crippen molar-refractivity contribution in [3.63, 3.8) is 0 Å². The molecule has 0 aliphatic rings. The van der Waals surface area contributed by atoms with E-state index in [4.69, 9.17) is 19.9 Å². The molecule has 0 spiro atoms. The fourth-order valence-corrected chi connectivity index (χ4v) is 6.92. The smallest absolute Gasteiger partial charge is 0.408 e. The summed E-state index contributed by atoms with van der Waals surface area (Å²) in [5, 5.41) is 14.1. The average molecular weight is 910 g/mol. The molecule has 0 aliphatic carbocycles. The molecule has 5 aromatic carbocycles. The van der Waals surface area contributed by atoms with Crippen LogP contribution in [0.3, 0.4) is 0 Å². The molecule has 348 valence electrons. The van der Waals surface area contributed by atoms with Gasteiger partial charge in [0.05, 0.1) is 13.2 Å². The van der Waals surface area contributed by atoms with Crippen LogP contribution in [0.5, 0.6) is 5.75 Å². The summed E-state index contributed by atoms with van der Waals surface area (Å²) in [5.74, 6) is -3.14. The van der Waals surface area contributed by atoms with E-state index in [9.17, 15) is 28.8 Å². The average Bonchev–Trinajstić information content (AvgIpc) is 3.75. The molecule has 16 heteroatoms. The lowest BCUT2D eigenvalue weighted by molar-refractivity contribution is -0.135. The molecule has 5 atom stereocenters. The summed E-state index contributed by atoms with van der Waals surface area (Å²) in [6.45, 7) is 2.92. The van der Waals surface area contributed by atoms with Crippen LogP contribution in [-0.2, 0) is 66.1 Å². The maximum absolute atomic E-state index is 14.5. The van der Waals surface area contributed by atoms with Crippen molar-refractivity contribution in [1.82, 2.24) is 31.6 Å². The van der Waals surface area contributed by atoms with Crippen LogP contribution in [0.2, 0.25) is 0 Å². The van der Waals surface area contributed by atoms with Crippen molar-refractivity contribution < 1.29 is 43.0 Å². The minimum absolute atomic E-state index is 0.00101. The molecule has 0 aliphatic heterocycles. The zero-order chi connectivity index (χ0) is 47.5. The van der Waals surface area contributed by atoms with Crippen molar-refractivity contribution in [3.05, 3.63) is 174 Å². The van der Waals surface area contributed by atoms with E-state index >= 15 is 0 Å². The number of alkyl carbamates (subject to hydrolysis) is 1. The van der Waals surface area contributed by atoms with Crippen molar-refractivity contribution >= 4 is 46.5 Å².